The van der Waals surface area contributed by atoms with Crippen molar-refractivity contribution in [1.82, 2.24) is 24.8 Å². The lowest BCUT2D eigenvalue weighted by molar-refractivity contribution is 0.299. The van der Waals surface area contributed by atoms with Crippen LogP contribution in [-0.2, 0) is 6.54 Å². The van der Waals surface area contributed by atoms with E-state index < -0.39 is 0 Å². The summed E-state index contributed by atoms with van der Waals surface area (Å²) in [4.78, 5) is 11.3. The molecule has 32 heavy (non-hydrogen) atoms. The molecule has 0 bridgehead atoms. The van der Waals surface area contributed by atoms with Gasteiger partial charge in [0.15, 0.2) is 5.11 Å². The molecule has 0 amide bonds. The molecule has 1 N–H and O–H groups in total. The van der Waals surface area contributed by atoms with E-state index in [0.717, 1.165) is 22.8 Å². The Hall–Kier alpha value is -2.93. The van der Waals surface area contributed by atoms with E-state index in [0.29, 0.717) is 21.7 Å². The van der Waals surface area contributed by atoms with E-state index in [1.165, 1.54) is 0 Å². The van der Waals surface area contributed by atoms with Crippen molar-refractivity contribution >= 4 is 40.5 Å². The molecule has 1 saturated heterocycles. The summed E-state index contributed by atoms with van der Waals surface area (Å²) < 4.78 is 2.08. The van der Waals surface area contributed by atoms with Crippen LogP contribution >= 0.6 is 35.4 Å². The van der Waals surface area contributed by atoms with Gasteiger partial charge in [-0.25, -0.2) is 0 Å². The molecule has 1 aliphatic heterocycles. The van der Waals surface area contributed by atoms with Gasteiger partial charge in [-0.15, -0.1) is 0 Å². The van der Waals surface area contributed by atoms with Gasteiger partial charge in [0, 0.05) is 29.3 Å². The average Bonchev–Trinajstić information content (AvgIpc) is 3.40. The highest BCUT2D eigenvalue weighted by Gasteiger charge is 2.41. The predicted molar refractivity (Wildman–Crippen MR) is 131 cm³/mol. The van der Waals surface area contributed by atoms with Crippen molar-refractivity contribution in [3.8, 4) is 5.69 Å². The Bertz CT molecular complexity index is 1250. The van der Waals surface area contributed by atoms with Crippen LogP contribution in [0.3, 0.4) is 0 Å². The molecule has 0 unspecified atom stereocenters. The van der Waals surface area contributed by atoms with Gasteiger partial charge in [-0.05, 0) is 66.8 Å². The summed E-state index contributed by atoms with van der Waals surface area (Å²) in [7, 11) is 0. The van der Waals surface area contributed by atoms with Crippen molar-refractivity contribution in [3.05, 3.63) is 112 Å². The van der Waals surface area contributed by atoms with Crippen molar-refractivity contribution in [3.63, 3.8) is 0 Å². The van der Waals surface area contributed by atoms with Gasteiger partial charge in [0.2, 0.25) is 0 Å². The van der Waals surface area contributed by atoms with Crippen LogP contribution < -0.4 is 5.32 Å². The Morgan fingerprint density at radius 3 is 2.47 bits per heavy atom. The first-order chi connectivity index (χ1) is 15.6. The maximum atomic E-state index is 6.57. The van der Waals surface area contributed by atoms with Gasteiger partial charge in [-0.2, -0.15) is 0 Å². The Balaban J connectivity index is 1.62. The average molecular weight is 480 g/mol. The Morgan fingerprint density at radius 2 is 1.75 bits per heavy atom. The smallest absolute Gasteiger partial charge is 0.170 e. The summed E-state index contributed by atoms with van der Waals surface area (Å²) in [5.41, 5.74) is 3.74. The SMILES string of the molecule is S=C1N[C@H](c2ccccn2)[C@@H](c2cccn2-c2ccc(Cl)cc2Cl)N1Cc1ccccn1. The van der Waals surface area contributed by atoms with Gasteiger partial charge in [0.1, 0.15) is 0 Å². The van der Waals surface area contributed by atoms with Crippen molar-refractivity contribution in [2.75, 3.05) is 0 Å². The Kier molecular flexibility index (Phi) is 5.83. The largest absolute Gasteiger partial charge is 0.352 e. The van der Waals surface area contributed by atoms with Crippen molar-refractivity contribution < 1.29 is 0 Å². The summed E-state index contributed by atoms with van der Waals surface area (Å²) in [6, 6.07) is 21.2. The zero-order chi connectivity index (χ0) is 22.1. The molecule has 1 aromatic carbocycles. The molecule has 2 atom stereocenters. The second-order valence-electron chi connectivity index (χ2n) is 7.47. The number of aromatic nitrogens is 3. The van der Waals surface area contributed by atoms with E-state index in [-0.39, 0.29) is 12.1 Å². The maximum Gasteiger partial charge on any atom is 0.170 e. The molecule has 0 saturated carbocycles. The number of hydrogen-bond donors (Lipinski definition) is 1. The number of benzene rings is 1. The van der Waals surface area contributed by atoms with Crippen LogP contribution in [-0.4, -0.2) is 24.5 Å². The topological polar surface area (TPSA) is 46.0 Å². The highest BCUT2D eigenvalue weighted by atomic mass is 35.5. The minimum absolute atomic E-state index is 0.124. The molecule has 1 aliphatic rings. The number of thiocarbonyl (C=S) groups is 1. The van der Waals surface area contributed by atoms with Gasteiger partial charge in [0.05, 0.1) is 40.7 Å². The van der Waals surface area contributed by atoms with Crippen LogP contribution in [0, 0.1) is 0 Å². The van der Waals surface area contributed by atoms with E-state index in [1.54, 1.807) is 18.5 Å². The predicted octanol–water partition coefficient (Wildman–Crippen LogP) is 5.75. The van der Waals surface area contributed by atoms with Crippen LogP contribution in [0.15, 0.2) is 85.3 Å². The zero-order valence-corrected chi connectivity index (χ0v) is 19.2. The van der Waals surface area contributed by atoms with E-state index >= 15 is 0 Å². The minimum Gasteiger partial charge on any atom is -0.352 e. The fraction of sp³-hybridized carbons (Fsp3) is 0.125. The van der Waals surface area contributed by atoms with Gasteiger partial charge < -0.3 is 14.8 Å². The third kappa shape index (κ3) is 3.97. The van der Waals surface area contributed by atoms with E-state index in [4.69, 9.17) is 35.4 Å². The van der Waals surface area contributed by atoms with Gasteiger partial charge in [-0.3, -0.25) is 9.97 Å². The molecule has 160 valence electrons. The summed E-state index contributed by atoms with van der Waals surface area (Å²) >= 11 is 18.5. The lowest BCUT2D eigenvalue weighted by Crippen LogP contribution is -2.30. The van der Waals surface area contributed by atoms with Crippen LogP contribution in [0.5, 0.6) is 0 Å². The van der Waals surface area contributed by atoms with Crippen molar-refractivity contribution in [2.24, 2.45) is 0 Å². The molecular weight excluding hydrogens is 461 g/mol. The number of rotatable bonds is 5. The Morgan fingerprint density at radius 1 is 0.938 bits per heavy atom. The molecule has 3 aromatic heterocycles. The lowest BCUT2D eigenvalue weighted by Gasteiger charge is -2.29. The normalized spacial score (nSPS) is 18.1. The minimum atomic E-state index is -0.132. The first kappa shape index (κ1) is 20.9. The summed E-state index contributed by atoms with van der Waals surface area (Å²) in [6.07, 6.45) is 5.59. The number of nitrogens with zero attached hydrogens (tertiary/aromatic N) is 4. The molecule has 0 radical (unpaired) electrons. The molecule has 5 nitrogen and oxygen atoms in total. The third-order valence-electron chi connectivity index (χ3n) is 5.51. The number of hydrogen-bond acceptors (Lipinski definition) is 3. The standard InChI is InChI=1S/C24H19Cl2N5S/c25-16-9-10-20(18(26)14-16)30-13-5-8-21(30)23-22(19-7-2-4-12-28-19)29-24(32)31(23)15-17-6-1-3-11-27-17/h1-14,22-23H,15H2,(H,29,32)/t22-,23-/m1/s1. The maximum absolute atomic E-state index is 6.57. The Labute approximate surface area is 201 Å². The third-order valence-corrected chi connectivity index (χ3v) is 6.40. The van der Waals surface area contributed by atoms with Gasteiger partial charge in [-0.1, -0.05) is 35.3 Å². The van der Waals surface area contributed by atoms with Crippen LogP contribution in [0.25, 0.3) is 5.69 Å². The number of halogens is 2. The van der Waals surface area contributed by atoms with Crippen molar-refractivity contribution in [2.45, 2.75) is 18.6 Å². The first-order valence-electron chi connectivity index (χ1n) is 10.1. The molecular formula is C24H19Cl2N5S. The van der Waals surface area contributed by atoms with Gasteiger partial charge >= 0.3 is 0 Å². The fourth-order valence-corrected chi connectivity index (χ4v) is 4.90. The molecule has 8 heteroatoms. The van der Waals surface area contributed by atoms with E-state index in [9.17, 15) is 0 Å². The molecule has 4 heterocycles. The molecule has 0 spiro atoms. The molecule has 5 rings (SSSR count). The number of nitrogens with one attached hydrogen (secondary N) is 1. The van der Waals surface area contributed by atoms with Crippen LogP contribution in [0.4, 0.5) is 0 Å². The summed E-state index contributed by atoms with van der Waals surface area (Å²) in [5.74, 6) is 0. The second-order valence-corrected chi connectivity index (χ2v) is 8.70. The van der Waals surface area contributed by atoms with E-state index in [2.05, 4.69) is 30.8 Å². The first-order valence-corrected chi connectivity index (χ1v) is 11.3. The van der Waals surface area contributed by atoms with E-state index in [1.807, 2.05) is 60.8 Å². The van der Waals surface area contributed by atoms with Gasteiger partial charge in [0.25, 0.3) is 0 Å². The lowest BCUT2D eigenvalue weighted by atomic mass is 10.0. The molecule has 0 aliphatic carbocycles. The monoisotopic (exact) mass is 479 g/mol. The molecule has 4 aromatic rings. The zero-order valence-electron chi connectivity index (χ0n) is 16.9. The highest BCUT2D eigenvalue weighted by Crippen LogP contribution is 2.41. The van der Waals surface area contributed by atoms with Crippen LogP contribution in [0.2, 0.25) is 10.0 Å². The molecule has 1 fully saturated rings. The number of pyridine rings is 2. The second kappa shape index (κ2) is 8.90. The highest BCUT2D eigenvalue weighted by molar-refractivity contribution is 7.80. The van der Waals surface area contributed by atoms with Crippen molar-refractivity contribution in [1.29, 1.82) is 0 Å². The summed E-state index contributed by atoms with van der Waals surface area (Å²) in [5, 5.41) is 5.31. The fourth-order valence-electron chi connectivity index (χ4n) is 4.09. The van der Waals surface area contributed by atoms with Crippen LogP contribution in [0.1, 0.15) is 29.2 Å². The summed E-state index contributed by atoms with van der Waals surface area (Å²) in [6.45, 7) is 0.570. The quantitative estimate of drug-likeness (QED) is 0.369.